The molecule has 31 heavy (non-hydrogen) atoms. The molecule has 0 aromatic carbocycles. The first kappa shape index (κ1) is 21.2. The van der Waals surface area contributed by atoms with Crippen LogP contribution in [0.5, 0.6) is 0 Å². The molecule has 0 radical (unpaired) electrons. The third kappa shape index (κ3) is 2.51. The lowest BCUT2D eigenvalue weighted by molar-refractivity contribution is -0.158. The molecule has 170 valence electrons. The second-order valence-electron chi connectivity index (χ2n) is 11.4. The third-order valence-electron chi connectivity index (χ3n) is 10.5. The molecular formula is C25H34O6. The van der Waals surface area contributed by atoms with Crippen LogP contribution in [0.25, 0.3) is 0 Å². The summed E-state index contributed by atoms with van der Waals surface area (Å²) >= 11 is 0. The normalized spacial score (nSPS) is 49.8. The number of ether oxygens (including phenoxy) is 2. The number of fused-ring (bicyclic) bond motifs is 3. The highest BCUT2D eigenvalue weighted by Gasteiger charge is 2.82. The summed E-state index contributed by atoms with van der Waals surface area (Å²) in [5.74, 6) is -0.795. The number of rotatable bonds is 4. The monoisotopic (exact) mass is 430 g/mol. The molecule has 1 N–H and O–H groups in total. The summed E-state index contributed by atoms with van der Waals surface area (Å²) < 4.78 is 11.9. The summed E-state index contributed by atoms with van der Waals surface area (Å²) in [5.41, 5.74) is 0.273. The largest absolute Gasteiger partial charge is 0.481 e. The smallest absolute Gasteiger partial charge is 0.309 e. The predicted octanol–water partition coefficient (Wildman–Crippen LogP) is 3.92. The maximum absolute atomic E-state index is 13.0. The standard InChI is InChI=1S/C25H34O6/c1-22(9-7-19(27)28)8-6-17-20-16(21(29)30-4)12-14-11-15(26)5-10-23(14,2)25(20)18(31-25)13-24(17,22)3/h11,16-18,20H,5-10,12-13H2,1-4H3,(H,27,28)/t16?,17?,18-,20?,22+,23?,24?,25-/m1/s1. The van der Waals surface area contributed by atoms with Crippen molar-refractivity contribution in [3.63, 3.8) is 0 Å². The second-order valence-corrected chi connectivity index (χ2v) is 11.4. The van der Waals surface area contributed by atoms with Gasteiger partial charge in [0.05, 0.1) is 19.1 Å². The Balaban J connectivity index is 1.59. The van der Waals surface area contributed by atoms with E-state index in [1.54, 1.807) is 6.08 Å². The van der Waals surface area contributed by atoms with Crippen LogP contribution in [0.2, 0.25) is 0 Å². The van der Waals surface area contributed by atoms with Gasteiger partial charge in [-0.25, -0.2) is 0 Å². The van der Waals surface area contributed by atoms with Crippen LogP contribution in [0.4, 0.5) is 0 Å². The van der Waals surface area contributed by atoms with Crippen LogP contribution in [-0.2, 0) is 23.9 Å². The van der Waals surface area contributed by atoms with Crippen molar-refractivity contribution in [1.82, 2.24) is 0 Å². The molecule has 0 amide bonds. The summed E-state index contributed by atoms with van der Waals surface area (Å²) in [6, 6.07) is 0. The number of hydrogen-bond donors (Lipinski definition) is 1. The van der Waals surface area contributed by atoms with Crippen LogP contribution < -0.4 is 0 Å². The topological polar surface area (TPSA) is 93.2 Å². The molecular weight excluding hydrogens is 396 g/mol. The van der Waals surface area contributed by atoms with Gasteiger partial charge in [0.25, 0.3) is 0 Å². The van der Waals surface area contributed by atoms with Gasteiger partial charge in [0.1, 0.15) is 5.60 Å². The highest BCUT2D eigenvalue weighted by Crippen LogP contribution is 2.79. The van der Waals surface area contributed by atoms with E-state index in [-0.39, 0.29) is 58.3 Å². The van der Waals surface area contributed by atoms with Crippen molar-refractivity contribution >= 4 is 17.7 Å². The molecule has 1 aliphatic heterocycles. The highest BCUT2D eigenvalue weighted by molar-refractivity contribution is 5.92. The first-order valence-corrected chi connectivity index (χ1v) is 11.7. The van der Waals surface area contributed by atoms with Crippen molar-refractivity contribution in [1.29, 1.82) is 0 Å². The lowest BCUT2D eigenvalue weighted by Crippen LogP contribution is -2.62. The zero-order valence-corrected chi connectivity index (χ0v) is 19.0. The number of carboxylic acid groups (broad SMARTS) is 1. The van der Waals surface area contributed by atoms with E-state index < -0.39 is 11.6 Å². The molecule has 1 saturated heterocycles. The molecule has 1 spiro atoms. The van der Waals surface area contributed by atoms with Crippen molar-refractivity contribution in [2.75, 3.05) is 7.11 Å². The van der Waals surface area contributed by atoms with E-state index in [2.05, 4.69) is 20.8 Å². The molecule has 8 atom stereocenters. The van der Waals surface area contributed by atoms with Crippen LogP contribution in [0.15, 0.2) is 11.6 Å². The van der Waals surface area contributed by atoms with E-state index in [1.165, 1.54) is 7.11 Å². The van der Waals surface area contributed by atoms with Gasteiger partial charge in [-0.1, -0.05) is 26.3 Å². The second kappa shape index (κ2) is 6.43. The van der Waals surface area contributed by atoms with E-state index in [0.717, 1.165) is 31.3 Å². The summed E-state index contributed by atoms with van der Waals surface area (Å²) in [7, 11) is 1.45. The Hall–Kier alpha value is -1.69. The molecule has 5 rings (SSSR count). The molecule has 0 bridgehead atoms. The number of carboxylic acids is 1. The van der Waals surface area contributed by atoms with Crippen LogP contribution >= 0.6 is 0 Å². The maximum atomic E-state index is 13.0. The SMILES string of the molecule is COC(=O)C1CC2=CC(=O)CCC2(C)[C@@]23O[C@@H]2CC2(C)C(CC[C@@]2(C)CCC(=O)O)C13. The van der Waals surface area contributed by atoms with Crippen molar-refractivity contribution < 1.29 is 29.0 Å². The van der Waals surface area contributed by atoms with Crippen LogP contribution in [-0.4, -0.2) is 41.6 Å². The molecule has 5 aliphatic rings. The van der Waals surface area contributed by atoms with E-state index >= 15 is 0 Å². The Morgan fingerprint density at radius 1 is 1.26 bits per heavy atom. The lowest BCUT2D eigenvalue weighted by Gasteiger charge is -2.59. The van der Waals surface area contributed by atoms with Crippen molar-refractivity contribution in [2.24, 2.45) is 34.0 Å². The fourth-order valence-corrected chi connectivity index (χ4v) is 8.53. The molecule has 4 fully saturated rings. The summed E-state index contributed by atoms with van der Waals surface area (Å²) in [4.78, 5) is 36.6. The Bertz CT molecular complexity index is 892. The van der Waals surface area contributed by atoms with Gasteiger partial charge in [0, 0.05) is 24.2 Å². The number of aliphatic carboxylic acids is 1. The van der Waals surface area contributed by atoms with Gasteiger partial charge in [0.2, 0.25) is 0 Å². The third-order valence-corrected chi connectivity index (χ3v) is 10.5. The number of esters is 1. The average Bonchev–Trinajstić information content (AvgIpc) is 3.38. The minimum atomic E-state index is -0.750. The molecule has 6 heteroatoms. The Labute approximate surface area is 183 Å². The first-order chi connectivity index (χ1) is 14.5. The quantitative estimate of drug-likeness (QED) is 0.537. The average molecular weight is 431 g/mol. The molecule has 3 saturated carbocycles. The highest BCUT2D eigenvalue weighted by atomic mass is 16.6. The van der Waals surface area contributed by atoms with Gasteiger partial charge < -0.3 is 14.6 Å². The number of ketones is 1. The lowest BCUT2D eigenvalue weighted by atomic mass is 9.43. The maximum Gasteiger partial charge on any atom is 0.309 e. The molecule has 0 aromatic rings. The molecule has 1 heterocycles. The Morgan fingerprint density at radius 2 is 2.00 bits per heavy atom. The predicted molar refractivity (Wildman–Crippen MR) is 112 cm³/mol. The van der Waals surface area contributed by atoms with Gasteiger partial charge in [-0.05, 0) is 61.3 Å². The molecule has 5 unspecified atom stereocenters. The van der Waals surface area contributed by atoms with Crippen LogP contribution in [0, 0.1) is 34.0 Å². The van der Waals surface area contributed by atoms with Crippen molar-refractivity contribution in [3.8, 4) is 0 Å². The van der Waals surface area contributed by atoms with Crippen LogP contribution in [0.3, 0.4) is 0 Å². The van der Waals surface area contributed by atoms with Crippen molar-refractivity contribution in [2.45, 2.75) is 83.8 Å². The zero-order chi connectivity index (χ0) is 22.4. The molecule has 6 nitrogen and oxygen atoms in total. The summed E-state index contributed by atoms with van der Waals surface area (Å²) in [6.45, 7) is 6.80. The minimum absolute atomic E-state index is 0.0469. The van der Waals surface area contributed by atoms with Gasteiger partial charge in [0.15, 0.2) is 5.78 Å². The van der Waals surface area contributed by atoms with Gasteiger partial charge in [-0.15, -0.1) is 0 Å². The first-order valence-electron chi connectivity index (χ1n) is 11.7. The van der Waals surface area contributed by atoms with E-state index in [1.807, 2.05) is 0 Å². The number of epoxide rings is 1. The molecule has 4 aliphatic carbocycles. The van der Waals surface area contributed by atoms with Crippen molar-refractivity contribution in [3.05, 3.63) is 11.6 Å². The summed E-state index contributed by atoms with van der Waals surface area (Å²) in [5, 5.41) is 9.33. The number of methoxy groups -OCH3 is 1. The zero-order valence-electron chi connectivity index (χ0n) is 19.0. The fourth-order valence-electron chi connectivity index (χ4n) is 8.53. The Morgan fingerprint density at radius 3 is 2.68 bits per heavy atom. The van der Waals surface area contributed by atoms with Gasteiger partial charge in [-0.2, -0.15) is 0 Å². The van der Waals surface area contributed by atoms with E-state index in [4.69, 9.17) is 9.47 Å². The number of hydrogen-bond acceptors (Lipinski definition) is 5. The minimum Gasteiger partial charge on any atom is -0.481 e. The number of carbonyl (C=O) groups is 3. The molecule has 0 aromatic heterocycles. The Kier molecular flexibility index (Phi) is 4.39. The fraction of sp³-hybridized carbons (Fsp3) is 0.800. The van der Waals surface area contributed by atoms with Crippen LogP contribution in [0.1, 0.15) is 72.1 Å². The summed E-state index contributed by atoms with van der Waals surface area (Å²) in [6.07, 6.45) is 7.39. The number of carbonyl (C=O) groups excluding carboxylic acids is 2. The van der Waals surface area contributed by atoms with Gasteiger partial charge in [-0.3, -0.25) is 14.4 Å². The van der Waals surface area contributed by atoms with E-state index in [9.17, 15) is 19.5 Å². The van der Waals surface area contributed by atoms with E-state index in [0.29, 0.717) is 19.3 Å². The van der Waals surface area contributed by atoms with Gasteiger partial charge >= 0.3 is 11.9 Å².